The maximum absolute atomic E-state index is 12.8. The zero-order chi connectivity index (χ0) is 25.0. The van der Waals surface area contributed by atoms with Gasteiger partial charge in [-0.1, -0.05) is 6.07 Å². The van der Waals surface area contributed by atoms with E-state index in [0.29, 0.717) is 30.9 Å². The van der Waals surface area contributed by atoms with Crippen LogP contribution in [-0.4, -0.2) is 77.0 Å². The molecular formula is C24H35N5O5. The Hall–Kier alpha value is -3.14. The Morgan fingerprint density at radius 3 is 2.38 bits per heavy atom. The molecule has 0 bridgehead atoms. The Kier molecular flexibility index (Phi) is 7.81. The molecule has 0 aliphatic carbocycles. The number of ether oxygens (including phenoxy) is 1. The first kappa shape index (κ1) is 25.5. The number of nitrogens with zero attached hydrogens (tertiary/aromatic N) is 2. The van der Waals surface area contributed by atoms with E-state index in [1.807, 2.05) is 34.6 Å². The van der Waals surface area contributed by atoms with Crippen molar-refractivity contribution < 1.29 is 23.9 Å². The summed E-state index contributed by atoms with van der Waals surface area (Å²) < 4.78 is 5.49. The summed E-state index contributed by atoms with van der Waals surface area (Å²) >= 11 is 0. The van der Waals surface area contributed by atoms with Crippen LogP contribution in [0.5, 0.6) is 0 Å². The molecule has 0 spiro atoms. The Balaban J connectivity index is 1.54. The van der Waals surface area contributed by atoms with Crippen molar-refractivity contribution >= 4 is 35.2 Å². The number of nitrogens with one attached hydrogen (secondary N) is 3. The number of rotatable bonds is 5. The van der Waals surface area contributed by atoms with E-state index in [9.17, 15) is 19.2 Å². The van der Waals surface area contributed by atoms with Gasteiger partial charge in [0.25, 0.3) is 0 Å². The minimum atomic E-state index is -0.553. The largest absolute Gasteiger partial charge is 0.444 e. The first-order chi connectivity index (χ1) is 15.9. The summed E-state index contributed by atoms with van der Waals surface area (Å²) in [6.45, 7) is 10.7. The van der Waals surface area contributed by atoms with Crippen LogP contribution in [0.25, 0.3) is 0 Å². The van der Waals surface area contributed by atoms with Gasteiger partial charge in [-0.05, 0) is 59.2 Å². The Morgan fingerprint density at radius 1 is 1.12 bits per heavy atom. The van der Waals surface area contributed by atoms with Crippen molar-refractivity contribution in [1.82, 2.24) is 15.1 Å². The minimum absolute atomic E-state index is 0.0115. The van der Waals surface area contributed by atoms with Crippen molar-refractivity contribution in [3.8, 4) is 0 Å². The molecule has 2 aliphatic heterocycles. The fourth-order valence-electron chi connectivity index (χ4n) is 4.23. The molecule has 2 heterocycles. The lowest BCUT2D eigenvalue weighted by Gasteiger charge is -2.44. The van der Waals surface area contributed by atoms with Crippen LogP contribution in [0.15, 0.2) is 24.3 Å². The molecule has 0 radical (unpaired) electrons. The lowest BCUT2D eigenvalue weighted by molar-refractivity contribution is -0.133. The zero-order valence-corrected chi connectivity index (χ0v) is 20.5. The van der Waals surface area contributed by atoms with Gasteiger partial charge >= 0.3 is 6.09 Å². The SMILES string of the molecule is C[C@@H]1CN(C(=O)OC(C)(C)C)C[C@@H](C)N1CC(=O)Nc1cccc(N[C@@H]2CCC(=O)NC2=O)c1. The van der Waals surface area contributed by atoms with E-state index in [2.05, 4.69) is 20.9 Å². The molecule has 1 aromatic rings. The molecule has 1 aromatic carbocycles. The van der Waals surface area contributed by atoms with Crippen LogP contribution < -0.4 is 16.0 Å². The maximum atomic E-state index is 12.8. The number of hydrogen-bond donors (Lipinski definition) is 3. The highest BCUT2D eigenvalue weighted by molar-refractivity contribution is 6.01. The molecule has 0 unspecified atom stereocenters. The summed E-state index contributed by atoms with van der Waals surface area (Å²) in [5.74, 6) is -0.777. The number of amides is 4. The van der Waals surface area contributed by atoms with E-state index in [0.717, 1.165) is 0 Å². The average molecular weight is 474 g/mol. The highest BCUT2D eigenvalue weighted by Crippen LogP contribution is 2.21. The summed E-state index contributed by atoms with van der Waals surface area (Å²) in [5.41, 5.74) is 0.734. The van der Waals surface area contributed by atoms with Crippen LogP contribution in [0, 0.1) is 0 Å². The van der Waals surface area contributed by atoms with E-state index < -0.39 is 11.6 Å². The van der Waals surface area contributed by atoms with Crippen molar-refractivity contribution in [1.29, 1.82) is 0 Å². The molecule has 3 atom stereocenters. The van der Waals surface area contributed by atoms with E-state index in [4.69, 9.17) is 4.74 Å². The highest BCUT2D eigenvalue weighted by Gasteiger charge is 2.34. The minimum Gasteiger partial charge on any atom is -0.444 e. The van der Waals surface area contributed by atoms with Crippen molar-refractivity contribution in [2.24, 2.45) is 0 Å². The van der Waals surface area contributed by atoms with Crippen LogP contribution in [0.4, 0.5) is 16.2 Å². The summed E-state index contributed by atoms with van der Waals surface area (Å²) in [5, 5.41) is 8.35. The molecule has 3 N–H and O–H groups in total. The first-order valence-electron chi connectivity index (χ1n) is 11.6. The lowest BCUT2D eigenvalue weighted by Crippen LogP contribution is -2.59. The first-order valence-corrected chi connectivity index (χ1v) is 11.6. The fourth-order valence-corrected chi connectivity index (χ4v) is 4.23. The summed E-state index contributed by atoms with van der Waals surface area (Å²) in [6, 6.07) is 6.61. The van der Waals surface area contributed by atoms with Crippen LogP contribution in [-0.2, 0) is 19.1 Å². The number of carbonyl (C=O) groups excluding carboxylic acids is 4. The normalized spacial score (nSPS) is 23.8. The number of anilines is 2. The van der Waals surface area contributed by atoms with E-state index in [-0.39, 0.29) is 48.9 Å². The van der Waals surface area contributed by atoms with Crippen molar-refractivity contribution in [3.63, 3.8) is 0 Å². The Labute approximate surface area is 200 Å². The molecule has 2 fully saturated rings. The van der Waals surface area contributed by atoms with Gasteiger partial charge in [0, 0.05) is 43.0 Å². The summed E-state index contributed by atoms with van der Waals surface area (Å²) in [6.07, 6.45) is 0.375. The lowest BCUT2D eigenvalue weighted by atomic mass is 10.1. The molecule has 34 heavy (non-hydrogen) atoms. The highest BCUT2D eigenvalue weighted by atomic mass is 16.6. The molecule has 0 aromatic heterocycles. The van der Waals surface area contributed by atoms with Gasteiger partial charge in [-0.15, -0.1) is 0 Å². The molecular weight excluding hydrogens is 438 g/mol. The molecule has 4 amide bonds. The zero-order valence-electron chi connectivity index (χ0n) is 20.5. The van der Waals surface area contributed by atoms with Gasteiger partial charge in [-0.2, -0.15) is 0 Å². The quantitative estimate of drug-likeness (QED) is 0.561. The number of piperazine rings is 1. The van der Waals surface area contributed by atoms with Gasteiger partial charge in [0.05, 0.1) is 6.54 Å². The van der Waals surface area contributed by atoms with E-state index in [1.165, 1.54) is 0 Å². The summed E-state index contributed by atoms with van der Waals surface area (Å²) in [4.78, 5) is 52.3. The van der Waals surface area contributed by atoms with Gasteiger partial charge in [-0.3, -0.25) is 24.6 Å². The molecule has 2 saturated heterocycles. The van der Waals surface area contributed by atoms with E-state index >= 15 is 0 Å². The topological polar surface area (TPSA) is 120 Å². The van der Waals surface area contributed by atoms with Crippen molar-refractivity contribution in [2.75, 3.05) is 30.3 Å². The van der Waals surface area contributed by atoms with Crippen molar-refractivity contribution in [2.45, 2.75) is 71.2 Å². The second-order valence-corrected chi connectivity index (χ2v) is 10.0. The number of imide groups is 1. The number of benzene rings is 1. The monoisotopic (exact) mass is 473 g/mol. The number of carbonyl (C=O) groups is 4. The third-order valence-electron chi connectivity index (χ3n) is 5.81. The van der Waals surface area contributed by atoms with Crippen LogP contribution >= 0.6 is 0 Å². The van der Waals surface area contributed by atoms with Gasteiger partial charge in [0.2, 0.25) is 17.7 Å². The van der Waals surface area contributed by atoms with Gasteiger partial charge in [0.15, 0.2) is 0 Å². The Bertz CT molecular complexity index is 932. The molecule has 186 valence electrons. The molecule has 3 rings (SSSR count). The molecule has 0 saturated carbocycles. The third-order valence-corrected chi connectivity index (χ3v) is 5.81. The maximum Gasteiger partial charge on any atom is 0.410 e. The average Bonchev–Trinajstić information content (AvgIpc) is 2.71. The second kappa shape index (κ2) is 10.4. The third kappa shape index (κ3) is 6.93. The summed E-state index contributed by atoms with van der Waals surface area (Å²) in [7, 11) is 0. The number of hydrogen-bond acceptors (Lipinski definition) is 7. The molecule has 10 nitrogen and oxygen atoms in total. The molecule has 2 aliphatic rings. The Morgan fingerprint density at radius 2 is 1.76 bits per heavy atom. The standard InChI is InChI=1S/C24H35N5O5/c1-15-12-28(23(33)34-24(3,4)5)13-16(2)29(15)14-21(31)26-18-8-6-7-17(11-18)25-19-9-10-20(30)27-22(19)32/h6-8,11,15-16,19,25H,9-10,12-14H2,1-5H3,(H,26,31)(H,27,30,32)/t15-,16-,19-/m1/s1. The van der Waals surface area contributed by atoms with Crippen LogP contribution in [0.1, 0.15) is 47.5 Å². The van der Waals surface area contributed by atoms with Crippen molar-refractivity contribution in [3.05, 3.63) is 24.3 Å². The second-order valence-electron chi connectivity index (χ2n) is 10.0. The van der Waals surface area contributed by atoms with E-state index in [1.54, 1.807) is 29.2 Å². The van der Waals surface area contributed by atoms with Crippen LogP contribution in [0.2, 0.25) is 0 Å². The van der Waals surface area contributed by atoms with Gasteiger partial charge in [0.1, 0.15) is 11.6 Å². The fraction of sp³-hybridized carbons (Fsp3) is 0.583. The van der Waals surface area contributed by atoms with Gasteiger partial charge in [-0.25, -0.2) is 4.79 Å². The smallest absolute Gasteiger partial charge is 0.410 e. The molecule has 10 heteroatoms. The van der Waals surface area contributed by atoms with Gasteiger partial charge < -0.3 is 20.3 Å². The predicted molar refractivity (Wildman–Crippen MR) is 128 cm³/mol. The number of piperidine rings is 1. The predicted octanol–water partition coefficient (Wildman–Crippen LogP) is 2.17. The van der Waals surface area contributed by atoms with Crippen LogP contribution in [0.3, 0.4) is 0 Å².